The zero-order valence-corrected chi connectivity index (χ0v) is 20.2. The number of sulfone groups is 1. The Bertz CT molecular complexity index is 1540. The van der Waals surface area contributed by atoms with Gasteiger partial charge in [-0.25, -0.2) is 21.6 Å². The van der Waals surface area contributed by atoms with Gasteiger partial charge >= 0.3 is 0 Å². The van der Waals surface area contributed by atoms with E-state index in [1.807, 2.05) is 0 Å². The van der Waals surface area contributed by atoms with Crippen molar-refractivity contribution in [2.75, 3.05) is 13.1 Å². The fraction of sp³-hybridized carbons (Fsp3) is 0.417. The van der Waals surface area contributed by atoms with Crippen LogP contribution in [-0.4, -0.2) is 58.7 Å². The van der Waals surface area contributed by atoms with E-state index in [-0.39, 0.29) is 55.8 Å². The number of benzene rings is 1. The lowest BCUT2D eigenvalue weighted by Gasteiger charge is -2.32. The van der Waals surface area contributed by atoms with Gasteiger partial charge in [-0.2, -0.15) is 5.26 Å². The van der Waals surface area contributed by atoms with Gasteiger partial charge in [0, 0.05) is 32.6 Å². The molecule has 0 radical (unpaired) electrons. The zero-order chi connectivity index (χ0) is 26.8. The Labute approximate surface area is 209 Å². The maximum atomic E-state index is 13.8. The van der Waals surface area contributed by atoms with Gasteiger partial charge in [-0.1, -0.05) is 6.07 Å². The quantitative estimate of drug-likeness (QED) is 0.575. The molecule has 3 aliphatic rings. The molecule has 0 spiro atoms. The van der Waals surface area contributed by atoms with Crippen LogP contribution in [0.2, 0.25) is 0 Å². The molecule has 0 saturated heterocycles. The van der Waals surface area contributed by atoms with E-state index in [1.54, 1.807) is 6.07 Å². The maximum absolute atomic E-state index is 13.8. The number of carbonyl (C=O) groups excluding carboxylic acids is 2. The highest BCUT2D eigenvalue weighted by molar-refractivity contribution is 7.94. The Morgan fingerprint density at radius 2 is 1.86 bits per heavy atom. The second-order valence-corrected chi connectivity index (χ2v) is 12.1. The summed E-state index contributed by atoms with van der Waals surface area (Å²) in [6.45, 7) is -0.346. The summed E-state index contributed by atoms with van der Waals surface area (Å²) >= 11 is 0. The Balaban J connectivity index is 1.29. The summed E-state index contributed by atoms with van der Waals surface area (Å²) in [4.78, 5) is 39.9. The Hall–Kier alpha value is -3.66. The summed E-state index contributed by atoms with van der Waals surface area (Å²) in [6.07, 6.45) is -0.310. The molecule has 2 amide bonds. The van der Waals surface area contributed by atoms with Gasteiger partial charge in [0.2, 0.25) is 0 Å². The first kappa shape index (κ1) is 25.0. The van der Waals surface area contributed by atoms with Crippen LogP contribution in [0.15, 0.2) is 35.1 Å². The number of hydrogen-bond donors (Lipinski definition) is 1. The van der Waals surface area contributed by atoms with E-state index in [0.717, 1.165) is 10.6 Å². The second kappa shape index (κ2) is 8.44. The molecule has 37 heavy (non-hydrogen) atoms. The molecule has 9 nitrogen and oxygen atoms in total. The molecule has 2 saturated carbocycles. The van der Waals surface area contributed by atoms with Gasteiger partial charge in [-0.05, 0) is 42.7 Å². The van der Waals surface area contributed by atoms with Crippen molar-refractivity contribution in [1.82, 2.24) is 14.8 Å². The third-order valence-electron chi connectivity index (χ3n) is 7.16. The summed E-state index contributed by atoms with van der Waals surface area (Å²) in [7, 11) is -4.13. The Kier molecular flexibility index (Phi) is 5.71. The Morgan fingerprint density at radius 1 is 1.16 bits per heavy atom. The first-order valence-corrected chi connectivity index (χ1v) is 13.1. The number of carbonyl (C=O) groups is 2. The van der Waals surface area contributed by atoms with E-state index in [2.05, 4.69) is 5.32 Å². The summed E-state index contributed by atoms with van der Waals surface area (Å²) < 4.78 is 66.0. The van der Waals surface area contributed by atoms with E-state index in [4.69, 9.17) is 5.26 Å². The van der Waals surface area contributed by atoms with Crippen LogP contribution in [0.3, 0.4) is 0 Å². The number of nitrogens with zero attached hydrogens (tertiary/aromatic N) is 3. The number of fused-ring (bicyclic) bond motifs is 1. The van der Waals surface area contributed by atoms with Gasteiger partial charge in [0.15, 0.2) is 9.84 Å². The third kappa shape index (κ3) is 4.19. The van der Waals surface area contributed by atoms with Crippen LogP contribution in [0.1, 0.15) is 51.2 Å². The van der Waals surface area contributed by atoms with E-state index in [9.17, 15) is 36.0 Å². The number of hydrogen-bond acceptors (Lipinski definition) is 6. The largest absolute Gasteiger partial charge is 0.348 e. The van der Waals surface area contributed by atoms with Gasteiger partial charge in [-0.15, -0.1) is 0 Å². The van der Waals surface area contributed by atoms with E-state index < -0.39 is 55.4 Å². The van der Waals surface area contributed by atoms with Crippen molar-refractivity contribution in [2.24, 2.45) is 0 Å². The van der Waals surface area contributed by atoms with Gasteiger partial charge < -0.3 is 14.8 Å². The van der Waals surface area contributed by atoms with Crippen molar-refractivity contribution in [3.05, 3.63) is 68.9 Å². The SMILES string of the molecule is N#Cc1ccc(CNC(=O)c2ccc3n(c2=O)CCN(CC2(S(=O)(=O)C4CC4(F)F)CC2)C3=O)cc1F. The molecule has 1 N–H and O–H groups in total. The molecule has 1 aromatic heterocycles. The summed E-state index contributed by atoms with van der Waals surface area (Å²) in [5.41, 5.74) is -0.761. The smallest absolute Gasteiger partial charge is 0.270 e. The predicted molar refractivity (Wildman–Crippen MR) is 123 cm³/mol. The lowest BCUT2D eigenvalue weighted by atomic mass is 10.1. The summed E-state index contributed by atoms with van der Waals surface area (Å²) in [6, 6.07) is 8.00. The van der Waals surface area contributed by atoms with Gasteiger partial charge in [0.1, 0.15) is 28.4 Å². The molecular formula is C24H21F3N4O5S. The third-order valence-corrected chi connectivity index (χ3v) is 10.2. The minimum absolute atomic E-state index is 0.00241. The lowest BCUT2D eigenvalue weighted by Crippen LogP contribution is -2.50. The number of alkyl halides is 2. The molecule has 1 aromatic carbocycles. The number of pyridine rings is 1. The van der Waals surface area contributed by atoms with Crippen LogP contribution in [0.4, 0.5) is 13.2 Å². The first-order valence-electron chi connectivity index (χ1n) is 11.5. The van der Waals surface area contributed by atoms with Gasteiger partial charge in [-0.3, -0.25) is 14.4 Å². The monoisotopic (exact) mass is 534 g/mol. The van der Waals surface area contributed by atoms with E-state index in [0.29, 0.717) is 5.56 Å². The van der Waals surface area contributed by atoms with E-state index in [1.165, 1.54) is 29.2 Å². The summed E-state index contributed by atoms with van der Waals surface area (Å²) in [5.74, 6) is -5.33. The van der Waals surface area contributed by atoms with E-state index >= 15 is 0 Å². The van der Waals surface area contributed by atoms with Crippen LogP contribution in [0.5, 0.6) is 0 Å². The zero-order valence-electron chi connectivity index (χ0n) is 19.3. The maximum Gasteiger partial charge on any atom is 0.270 e. The van der Waals surface area contributed by atoms with Gasteiger partial charge in [0.25, 0.3) is 23.3 Å². The van der Waals surface area contributed by atoms with Crippen LogP contribution in [-0.2, 0) is 22.9 Å². The molecule has 194 valence electrons. The molecule has 1 unspecified atom stereocenters. The van der Waals surface area contributed by atoms with Crippen molar-refractivity contribution in [3.8, 4) is 6.07 Å². The number of aromatic nitrogens is 1. The number of nitriles is 1. The number of rotatable bonds is 7. The number of amides is 2. The molecule has 13 heteroatoms. The molecule has 1 atom stereocenters. The van der Waals surface area contributed by atoms with Crippen molar-refractivity contribution in [1.29, 1.82) is 5.26 Å². The van der Waals surface area contributed by atoms with Gasteiger partial charge in [0.05, 0.1) is 10.3 Å². The van der Waals surface area contributed by atoms with Crippen molar-refractivity contribution >= 4 is 21.7 Å². The standard InChI is InChI=1S/C24H21F3N4O5S/c25-17-9-14(1-2-15(17)11-28)12-29-20(32)16-3-4-18-22(34)30(7-8-31(18)21(16)33)13-23(5-6-23)37(35,36)19-10-24(19,26)27/h1-4,9,19H,5-8,10,12-13H2,(H,29,32). The average molecular weight is 535 g/mol. The molecule has 2 fully saturated rings. The molecule has 2 heterocycles. The van der Waals surface area contributed by atoms with Crippen LogP contribution >= 0.6 is 0 Å². The minimum atomic E-state index is -4.13. The molecule has 5 rings (SSSR count). The van der Waals surface area contributed by atoms with Crippen LogP contribution in [0.25, 0.3) is 0 Å². The molecular weight excluding hydrogens is 513 g/mol. The lowest BCUT2D eigenvalue weighted by molar-refractivity contribution is 0.0694. The fourth-order valence-corrected chi connectivity index (χ4v) is 7.18. The highest BCUT2D eigenvalue weighted by atomic mass is 32.2. The highest BCUT2D eigenvalue weighted by Gasteiger charge is 2.71. The number of halogens is 3. The average Bonchev–Trinajstić information content (AvgIpc) is 3.76. The molecule has 0 bridgehead atoms. The normalized spacial score (nSPS) is 21.1. The first-order chi connectivity index (χ1) is 17.4. The van der Waals surface area contributed by atoms with Crippen molar-refractivity contribution in [2.45, 2.75) is 48.3 Å². The minimum Gasteiger partial charge on any atom is -0.348 e. The van der Waals surface area contributed by atoms with Crippen molar-refractivity contribution < 1.29 is 31.2 Å². The van der Waals surface area contributed by atoms with Crippen LogP contribution < -0.4 is 10.9 Å². The topological polar surface area (TPSA) is 129 Å². The predicted octanol–water partition coefficient (Wildman–Crippen LogP) is 1.60. The second-order valence-electron chi connectivity index (χ2n) is 9.61. The molecule has 2 aliphatic carbocycles. The van der Waals surface area contributed by atoms with Crippen LogP contribution in [0, 0.1) is 17.1 Å². The fourth-order valence-electron chi connectivity index (χ4n) is 4.68. The molecule has 1 aliphatic heterocycles. The Morgan fingerprint density at radius 3 is 2.46 bits per heavy atom. The highest BCUT2D eigenvalue weighted by Crippen LogP contribution is 2.56. The van der Waals surface area contributed by atoms with Crippen molar-refractivity contribution in [3.63, 3.8) is 0 Å². The summed E-state index contributed by atoms with van der Waals surface area (Å²) in [5, 5.41) is 9.59. The number of nitrogens with one attached hydrogen (secondary N) is 1. The molecule has 2 aromatic rings.